The number of imidazole rings is 1. The van der Waals surface area contributed by atoms with E-state index in [1.165, 1.54) is 6.20 Å². The second kappa shape index (κ2) is 2.95. The summed E-state index contributed by atoms with van der Waals surface area (Å²) in [5.41, 5.74) is 0.839. The van der Waals surface area contributed by atoms with Crippen molar-refractivity contribution in [3.05, 3.63) is 22.6 Å². The lowest BCUT2D eigenvalue weighted by molar-refractivity contribution is 0.112. The van der Waals surface area contributed by atoms with Gasteiger partial charge in [0.1, 0.15) is 11.3 Å². The van der Waals surface area contributed by atoms with Crippen LogP contribution in [0.3, 0.4) is 0 Å². The molecule has 0 saturated carbocycles. The van der Waals surface area contributed by atoms with Crippen LogP contribution in [-0.2, 0) is 0 Å². The number of aldehydes is 1. The summed E-state index contributed by atoms with van der Waals surface area (Å²) in [5.74, 6) is 0.373. The lowest BCUT2D eigenvalue weighted by atomic mass is 10.3. The number of carbonyl (C=O) groups is 1. The molecule has 5 nitrogen and oxygen atoms in total. The maximum Gasteiger partial charge on any atom is 0.197 e. The topological polar surface area (TPSA) is 68.0 Å². The lowest BCUT2D eigenvalue weighted by Crippen LogP contribution is -1.94. The van der Waals surface area contributed by atoms with Crippen LogP contribution in [-0.4, -0.2) is 26.2 Å². The highest BCUT2D eigenvalue weighted by atomic mass is 35.5. The molecular weight excluding hydrogens is 206 g/mol. The van der Waals surface area contributed by atoms with E-state index in [4.69, 9.17) is 11.6 Å². The Morgan fingerprint density at radius 2 is 2.36 bits per heavy atom. The third-order valence-electron chi connectivity index (χ3n) is 1.91. The lowest BCUT2D eigenvalue weighted by Gasteiger charge is -1.96. The van der Waals surface area contributed by atoms with Crippen molar-refractivity contribution in [2.45, 2.75) is 6.92 Å². The molecule has 6 heteroatoms. The summed E-state index contributed by atoms with van der Waals surface area (Å²) < 4.78 is 0.829. The number of rotatable bonds is 1. The van der Waals surface area contributed by atoms with Crippen molar-refractivity contribution in [1.82, 2.24) is 14.7 Å². The molecule has 0 unspecified atom stereocenters. The van der Waals surface area contributed by atoms with Crippen molar-refractivity contribution in [2.24, 2.45) is 0 Å². The Hall–Kier alpha value is -1.62. The Balaban J connectivity index is 2.90. The smallest absolute Gasteiger partial charge is 0.197 e. The third kappa shape index (κ3) is 1.06. The molecule has 2 heterocycles. The van der Waals surface area contributed by atoms with Crippen LogP contribution < -0.4 is 0 Å². The van der Waals surface area contributed by atoms with Gasteiger partial charge in [0.15, 0.2) is 11.9 Å². The fourth-order valence-corrected chi connectivity index (χ4v) is 1.40. The standard InChI is InChI=1S/C8H6ClN3O2/c1-4-11-7-6(9)5(3-13)2-10-8(7)12(4)14/h2-3,14H,1H3. The molecule has 0 aliphatic rings. The number of aromatic nitrogens is 3. The molecule has 0 atom stereocenters. The minimum atomic E-state index is 0.209. The van der Waals surface area contributed by atoms with Crippen molar-refractivity contribution in [3.63, 3.8) is 0 Å². The first-order chi connectivity index (χ1) is 6.65. The summed E-state index contributed by atoms with van der Waals surface area (Å²) >= 11 is 5.87. The van der Waals surface area contributed by atoms with Crippen molar-refractivity contribution in [1.29, 1.82) is 0 Å². The molecule has 2 aromatic rings. The van der Waals surface area contributed by atoms with Crippen LogP contribution in [0, 0.1) is 6.92 Å². The molecule has 72 valence electrons. The SMILES string of the molecule is Cc1nc2c(Cl)c(C=O)cnc2n1O. The first kappa shape index (κ1) is 8.96. The summed E-state index contributed by atoms with van der Waals surface area (Å²) in [5, 5.41) is 9.64. The zero-order valence-corrected chi connectivity index (χ0v) is 7.99. The Labute approximate surface area is 83.9 Å². The molecular formula is C8H6ClN3O2. The Morgan fingerprint density at radius 1 is 1.64 bits per heavy atom. The fourth-order valence-electron chi connectivity index (χ4n) is 1.18. The molecule has 0 fully saturated rings. The van der Waals surface area contributed by atoms with E-state index in [0.29, 0.717) is 17.6 Å². The number of fused-ring (bicyclic) bond motifs is 1. The highest BCUT2D eigenvalue weighted by Gasteiger charge is 2.13. The Bertz CT molecular complexity index is 521. The van der Waals surface area contributed by atoms with Crippen molar-refractivity contribution in [2.75, 3.05) is 0 Å². The molecule has 0 spiro atoms. The number of pyridine rings is 1. The highest BCUT2D eigenvalue weighted by Crippen LogP contribution is 2.23. The summed E-state index contributed by atoms with van der Waals surface area (Å²) in [6.07, 6.45) is 1.89. The quantitative estimate of drug-likeness (QED) is 0.573. The predicted octanol–water partition coefficient (Wildman–Crippen LogP) is 1.44. The Kier molecular flexibility index (Phi) is 1.89. The molecule has 1 N–H and O–H groups in total. The predicted molar refractivity (Wildman–Crippen MR) is 49.8 cm³/mol. The van der Waals surface area contributed by atoms with E-state index in [1.54, 1.807) is 6.92 Å². The normalized spacial score (nSPS) is 10.7. The van der Waals surface area contributed by atoms with E-state index in [9.17, 15) is 10.0 Å². The molecule has 0 aliphatic carbocycles. The highest BCUT2D eigenvalue weighted by molar-refractivity contribution is 6.37. The van der Waals surface area contributed by atoms with Gasteiger partial charge in [0.2, 0.25) is 0 Å². The first-order valence-electron chi connectivity index (χ1n) is 3.83. The van der Waals surface area contributed by atoms with E-state index >= 15 is 0 Å². The maximum atomic E-state index is 10.5. The molecule has 0 saturated heterocycles. The van der Waals surface area contributed by atoms with Crippen LogP contribution >= 0.6 is 11.6 Å². The van der Waals surface area contributed by atoms with E-state index < -0.39 is 0 Å². The van der Waals surface area contributed by atoms with Gasteiger partial charge in [-0.2, -0.15) is 4.73 Å². The number of hydrogen-bond donors (Lipinski definition) is 1. The third-order valence-corrected chi connectivity index (χ3v) is 2.30. The number of halogens is 1. The van der Waals surface area contributed by atoms with Gasteiger partial charge in [-0.1, -0.05) is 11.6 Å². The van der Waals surface area contributed by atoms with Gasteiger partial charge in [-0.05, 0) is 6.92 Å². The van der Waals surface area contributed by atoms with E-state index in [-0.39, 0.29) is 16.2 Å². The molecule has 0 bridgehead atoms. The molecule has 0 aromatic carbocycles. The van der Waals surface area contributed by atoms with Crippen LogP contribution in [0.1, 0.15) is 16.2 Å². The van der Waals surface area contributed by atoms with Crippen LogP contribution in [0.15, 0.2) is 6.20 Å². The monoisotopic (exact) mass is 211 g/mol. The molecule has 14 heavy (non-hydrogen) atoms. The number of hydrogen-bond acceptors (Lipinski definition) is 4. The average molecular weight is 212 g/mol. The molecule has 0 amide bonds. The molecule has 2 rings (SSSR count). The summed E-state index contributed by atoms with van der Waals surface area (Å²) in [7, 11) is 0. The van der Waals surface area contributed by atoms with Gasteiger partial charge in [-0.3, -0.25) is 4.79 Å². The van der Waals surface area contributed by atoms with Crippen LogP contribution in [0.4, 0.5) is 0 Å². The van der Waals surface area contributed by atoms with Gasteiger partial charge in [0, 0.05) is 6.20 Å². The second-order valence-corrected chi connectivity index (χ2v) is 3.17. The minimum absolute atomic E-state index is 0.209. The van der Waals surface area contributed by atoms with Gasteiger partial charge in [-0.15, -0.1) is 0 Å². The van der Waals surface area contributed by atoms with Gasteiger partial charge in [0.25, 0.3) is 0 Å². The molecule has 0 radical (unpaired) electrons. The van der Waals surface area contributed by atoms with Gasteiger partial charge < -0.3 is 5.21 Å². The van der Waals surface area contributed by atoms with E-state index in [2.05, 4.69) is 9.97 Å². The van der Waals surface area contributed by atoms with Crippen LogP contribution in [0.5, 0.6) is 0 Å². The zero-order chi connectivity index (χ0) is 10.3. The van der Waals surface area contributed by atoms with Crippen molar-refractivity contribution >= 4 is 29.1 Å². The molecule has 0 aliphatic heterocycles. The number of carbonyl (C=O) groups excluding carboxylic acids is 1. The van der Waals surface area contributed by atoms with Crippen molar-refractivity contribution in [3.8, 4) is 0 Å². The zero-order valence-electron chi connectivity index (χ0n) is 7.23. The van der Waals surface area contributed by atoms with Crippen molar-refractivity contribution < 1.29 is 10.0 Å². The first-order valence-corrected chi connectivity index (χ1v) is 4.21. The largest absolute Gasteiger partial charge is 0.425 e. The summed E-state index contributed by atoms with van der Waals surface area (Å²) in [6, 6.07) is 0. The van der Waals surface area contributed by atoms with Crippen LogP contribution in [0.25, 0.3) is 11.2 Å². The molecule has 2 aromatic heterocycles. The number of nitrogens with zero attached hydrogens (tertiary/aromatic N) is 3. The minimum Gasteiger partial charge on any atom is -0.425 e. The summed E-state index contributed by atoms with van der Waals surface area (Å²) in [6.45, 7) is 1.61. The Morgan fingerprint density at radius 3 is 3.00 bits per heavy atom. The van der Waals surface area contributed by atoms with Gasteiger partial charge >= 0.3 is 0 Å². The van der Waals surface area contributed by atoms with Gasteiger partial charge in [-0.25, -0.2) is 9.97 Å². The van der Waals surface area contributed by atoms with E-state index in [1.807, 2.05) is 0 Å². The van der Waals surface area contributed by atoms with Crippen LogP contribution in [0.2, 0.25) is 5.02 Å². The van der Waals surface area contributed by atoms with E-state index in [0.717, 1.165) is 4.73 Å². The average Bonchev–Trinajstić information content (AvgIpc) is 2.46. The number of aryl methyl sites for hydroxylation is 1. The van der Waals surface area contributed by atoms with Gasteiger partial charge in [0.05, 0.1) is 10.6 Å². The second-order valence-electron chi connectivity index (χ2n) is 2.79. The maximum absolute atomic E-state index is 10.5. The fraction of sp³-hybridized carbons (Fsp3) is 0.125. The summed E-state index contributed by atoms with van der Waals surface area (Å²) in [4.78, 5) is 18.4.